The predicted octanol–water partition coefficient (Wildman–Crippen LogP) is 4.07. The molecular weight excluding hydrogens is 581 g/mol. The first-order valence-corrected chi connectivity index (χ1v) is 14.1. The second-order valence-corrected chi connectivity index (χ2v) is 11.1. The summed E-state index contributed by atoms with van der Waals surface area (Å²) in [7, 11) is 1.48. The van der Waals surface area contributed by atoms with Crippen LogP contribution in [0.1, 0.15) is 64.2 Å². The smallest absolute Gasteiger partial charge is 0.274 e. The van der Waals surface area contributed by atoms with E-state index < -0.39 is 64.0 Å². The van der Waals surface area contributed by atoms with Crippen LogP contribution in [0.4, 0.5) is 13.2 Å². The first kappa shape index (κ1) is 29.3. The molecule has 1 saturated heterocycles. The summed E-state index contributed by atoms with van der Waals surface area (Å²) < 4.78 is 54.9. The summed E-state index contributed by atoms with van der Waals surface area (Å²) >= 11 is 0. The van der Waals surface area contributed by atoms with Crippen LogP contribution in [0, 0.1) is 17.5 Å². The molecule has 1 unspecified atom stereocenters. The van der Waals surface area contributed by atoms with Gasteiger partial charge in [-0.25, -0.2) is 13.2 Å². The van der Waals surface area contributed by atoms with E-state index in [-0.39, 0.29) is 30.6 Å². The van der Waals surface area contributed by atoms with Crippen molar-refractivity contribution in [3.63, 3.8) is 0 Å². The summed E-state index contributed by atoms with van der Waals surface area (Å²) in [6.07, 6.45) is 2.62. The molecule has 2 amide bonds. The van der Waals surface area contributed by atoms with Crippen molar-refractivity contribution in [2.75, 3.05) is 13.7 Å². The number of nitrogens with zero attached hydrogens (tertiary/aromatic N) is 3. The zero-order valence-electron chi connectivity index (χ0n) is 23.9. The van der Waals surface area contributed by atoms with E-state index in [9.17, 15) is 27.6 Å². The van der Waals surface area contributed by atoms with Gasteiger partial charge in [-0.05, 0) is 25.3 Å². The molecule has 10 nitrogen and oxygen atoms in total. The molecule has 2 bridgehead atoms. The maximum atomic E-state index is 14.3. The van der Waals surface area contributed by atoms with Crippen molar-refractivity contribution in [1.29, 1.82) is 0 Å². The van der Waals surface area contributed by atoms with E-state index in [4.69, 9.17) is 14.3 Å². The molecule has 44 heavy (non-hydrogen) atoms. The van der Waals surface area contributed by atoms with E-state index in [1.807, 2.05) is 13.0 Å². The first-order chi connectivity index (χ1) is 21.1. The van der Waals surface area contributed by atoms with Gasteiger partial charge in [0.2, 0.25) is 11.3 Å². The first-order valence-electron chi connectivity index (χ1n) is 14.1. The molecule has 13 heteroatoms. The Morgan fingerprint density at radius 1 is 1.16 bits per heavy atom. The van der Waals surface area contributed by atoms with Gasteiger partial charge in [-0.1, -0.05) is 35.5 Å². The average Bonchev–Trinajstić information content (AvgIpc) is 3.38. The number of amides is 2. The highest BCUT2D eigenvalue weighted by atomic mass is 19.1. The fraction of sp³-hybridized carbons (Fsp3) is 0.355. The van der Waals surface area contributed by atoms with E-state index >= 15 is 0 Å². The summed E-state index contributed by atoms with van der Waals surface area (Å²) in [6.45, 7) is 1.37. The highest BCUT2D eigenvalue weighted by molar-refractivity contribution is 5.99. The third-order valence-electron chi connectivity index (χ3n) is 8.50. The number of carbonyl (C=O) groups is 2. The lowest BCUT2D eigenvalue weighted by atomic mass is 9.85. The highest BCUT2D eigenvalue weighted by Gasteiger charge is 2.54. The summed E-state index contributed by atoms with van der Waals surface area (Å²) in [4.78, 5) is 49.0. The average molecular weight is 611 g/mol. The van der Waals surface area contributed by atoms with Crippen molar-refractivity contribution in [1.82, 2.24) is 14.8 Å². The largest absolute Gasteiger partial charge is 0.483 e. The number of carbonyl (C=O) groups excluding carboxylic acids is 2. The Balaban J connectivity index is 1.45. The van der Waals surface area contributed by atoms with Gasteiger partial charge < -0.3 is 29.1 Å². The van der Waals surface area contributed by atoms with Gasteiger partial charge in [0.15, 0.2) is 17.0 Å². The lowest BCUT2D eigenvalue weighted by Gasteiger charge is -2.42. The van der Waals surface area contributed by atoms with Crippen molar-refractivity contribution in [2.45, 2.75) is 57.0 Å². The number of ether oxygens (including phenoxy) is 2. The van der Waals surface area contributed by atoms with Gasteiger partial charge in [0, 0.05) is 43.0 Å². The van der Waals surface area contributed by atoms with Crippen LogP contribution in [-0.4, -0.2) is 52.5 Å². The van der Waals surface area contributed by atoms with Crippen molar-refractivity contribution in [3.8, 4) is 5.75 Å². The van der Waals surface area contributed by atoms with Crippen LogP contribution in [0.15, 0.2) is 58.6 Å². The minimum absolute atomic E-state index is 0.0445. The second kappa shape index (κ2) is 11.4. The van der Waals surface area contributed by atoms with Crippen LogP contribution in [0.2, 0.25) is 0 Å². The van der Waals surface area contributed by atoms with E-state index in [1.165, 1.54) is 17.9 Å². The van der Waals surface area contributed by atoms with Gasteiger partial charge in [0.1, 0.15) is 29.6 Å². The van der Waals surface area contributed by atoms with Crippen LogP contribution < -0.4 is 15.5 Å². The number of aromatic nitrogens is 1. The molecule has 2 aromatic carbocycles. The van der Waals surface area contributed by atoms with Crippen molar-refractivity contribution >= 4 is 17.7 Å². The third kappa shape index (κ3) is 5.05. The minimum Gasteiger partial charge on any atom is -0.483 e. The number of oxime groups is 1. The van der Waals surface area contributed by atoms with Crippen molar-refractivity contribution in [2.24, 2.45) is 5.16 Å². The number of benzene rings is 2. The maximum Gasteiger partial charge on any atom is 0.274 e. The molecule has 4 heterocycles. The number of rotatable bonds is 6. The molecule has 3 aromatic rings. The van der Waals surface area contributed by atoms with Crippen LogP contribution in [0.5, 0.6) is 5.75 Å². The number of halogens is 3. The van der Waals surface area contributed by atoms with Crippen LogP contribution in [0.3, 0.4) is 0 Å². The molecule has 1 aromatic heterocycles. The van der Waals surface area contributed by atoms with Gasteiger partial charge in [0.05, 0.1) is 19.6 Å². The van der Waals surface area contributed by atoms with Crippen molar-refractivity contribution < 1.29 is 37.1 Å². The minimum atomic E-state index is -1.19. The lowest BCUT2D eigenvalue weighted by Crippen LogP contribution is -2.52. The Bertz CT molecular complexity index is 1710. The molecule has 6 rings (SSSR count). The lowest BCUT2D eigenvalue weighted by molar-refractivity contribution is -0.0656. The molecule has 0 radical (unpaired) electrons. The molecule has 230 valence electrons. The molecule has 1 fully saturated rings. The molecule has 0 aliphatic carbocycles. The van der Waals surface area contributed by atoms with Crippen LogP contribution in [0.25, 0.3) is 0 Å². The number of fused-ring (bicyclic) bond motifs is 5. The normalized spacial score (nSPS) is 22.2. The van der Waals surface area contributed by atoms with E-state index in [0.29, 0.717) is 42.9 Å². The van der Waals surface area contributed by atoms with Gasteiger partial charge in [0.25, 0.3) is 11.8 Å². The summed E-state index contributed by atoms with van der Waals surface area (Å²) in [5.41, 5.74) is -2.16. The zero-order valence-corrected chi connectivity index (χ0v) is 23.9. The topological polar surface area (TPSA) is 111 Å². The molecule has 1 spiro atoms. The SMILES string of the molecule is COC1=NO[C@@]2(CC[C@H](C)N3CC2n2cc(C(=O)NCc4c(F)cc(F)cc4F)c(=O)c(OCc4ccccc4)c2C3=O)C1. The number of hydrogen-bond acceptors (Lipinski definition) is 7. The number of nitrogens with one attached hydrogen (secondary N) is 1. The van der Waals surface area contributed by atoms with Gasteiger partial charge in [-0.3, -0.25) is 14.4 Å². The van der Waals surface area contributed by atoms with E-state index in [2.05, 4.69) is 10.5 Å². The number of methoxy groups -OCH3 is 1. The number of hydrogen-bond donors (Lipinski definition) is 1. The third-order valence-corrected chi connectivity index (χ3v) is 8.50. The molecule has 3 aliphatic heterocycles. The Morgan fingerprint density at radius 2 is 1.89 bits per heavy atom. The van der Waals surface area contributed by atoms with Gasteiger partial charge >= 0.3 is 0 Å². The van der Waals surface area contributed by atoms with E-state index in [1.54, 1.807) is 29.2 Å². The maximum absolute atomic E-state index is 14.3. The molecule has 1 N–H and O–H groups in total. The zero-order chi connectivity index (χ0) is 31.2. The fourth-order valence-corrected chi connectivity index (χ4v) is 6.05. The van der Waals surface area contributed by atoms with Crippen LogP contribution in [-0.2, 0) is 22.7 Å². The molecule has 3 atom stereocenters. The standard InChI is InChI=1S/C31H29F3N4O6/c1-17-8-9-31(12-25(42-2)36-44-31)24-15-37(17)30(41)26-28(43-16-18-6-4-3-5-7-18)27(39)21(14-38(24)26)29(40)35-13-20-22(33)10-19(32)11-23(20)34/h3-7,10-11,14,17,24H,8-9,12-13,15-16H2,1-2H3,(H,35,40)/t17-,24?,31-/m0/s1. The monoisotopic (exact) mass is 610 g/mol. The molecule has 0 saturated carbocycles. The quantitative estimate of drug-likeness (QED) is 0.451. The Morgan fingerprint density at radius 3 is 2.57 bits per heavy atom. The van der Waals surface area contributed by atoms with Crippen molar-refractivity contribution in [3.05, 3.63) is 98.7 Å². The predicted molar refractivity (Wildman–Crippen MR) is 151 cm³/mol. The van der Waals surface area contributed by atoms with Gasteiger partial charge in [-0.2, -0.15) is 0 Å². The summed E-state index contributed by atoms with van der Waals surface area (Å²) in [5, 5.41) is 6.45. The fourth-order valence-electron chi connectivity index (χ4n) is 6.05. The highest BCUT2D eigenvalue weighted by Crippen LogP contribution is 2.46. The van der Waals surface area contributed by atoms with Gasteiger partial charge in [-0.15, -0.1) is 0 Å². The summed E-state index contributed by atoms with van der Waals surface area (Å²) in [5.74, 6) is -4.87. The molecule has 3 aliphatic rings. The Labute approximate surface area is 250 Å². The molecular formula is C31H29F3N4O6. The van der Waals surface area contributed by atoms with Crippen LogP contribution >= 0.6 is 0 Å². The van der Waals surface area contributed by atoms with E-state index in [0.717, 1.165) is 0 Å². The Kier molecular flexibility index (Phi) is 7.56. The summed E-state index contributed by atoms with van der Waals surface area (Å²) in [6, 6.07) is 9.16. The number of pyridine rings is 1. The second-order valence-electron chi connectivity index (χ2n) is 11.1. The Hall–Kier alpha value is -4.81.